The number of hydrogen-bond acceptors (Lipinski definition) is 6. The molecule has 7 nitrogen and oxygen atoms in total. The largest absolute Gasteiger partial charge is 0.378 e. The highest BCUT2D eigenvalue weighted by atomic mass is 16.5. The van der Waals surface area contributed by atoms with Crippen molar-refractivity contribution in [3.8, 4) is 17.3 Å². The van der Waals surface area contributed by atoms with Crippen LogP contribution in [0.4, 0.5) is 11.4 Å². The maximum Gasteiger partial charge on any atom is 0.228 e. The van der Waals surface area contributed by atoms with Crippen LogP contribution in [0.15, 0.2) is 85.1 Å². The number of carbonyl (C=O) groups excluding carboxylic acids is 1. The van der Waals surface area contributed by atoms with Crippen LogP contribution in [0, 0.1) is 11.3 Å². The summed E-state index contributed by atoms with van der Waals surface area (Å²) in [6, 6.07) is 27.4. The number of anilines is 2. The van der Waals surface area contributed by atoms with Gasteiger partial charge in [0.25, 0.3) is 0 Å². The number of amides is 1. The van der Waals surface area contributed by atoms with Gasteiger partial charge < -0.3 is 15.0 Å². The first-order valence-corrected chi connectivity index (χ1v) is 12.3. The fraction of sp³-hybridized carbons (Fsp3) is 0.200. The molecule has 1 aromatic heterocycles. The Hall–Kier alpha value is -4.54. The van der Waals surface area contributed by atoms with Gasteiger partial charge in [-0.3, -0.25) is 4.79 Å². The molecule has 0 bridgehead atoms. The number of morpholine rings is 1. The monoisotopic (exact) mass is 489 g/mol. The predicted octanol–water partition coefficient (Wildman–Crippen LogP) is 4.62. The molecule has 5 rings (SSSR count). The molecule has 4 aromatic rings. The molecule has 7 heteroatoms. The Morgan fingerprint density at radius 3 is 2.51 bits per heavy atom. The van der Waals surface area contributed by atoms with E-state index < -0.39 is 0 Å². The van der Waals surface area contributed by atoms with Crippen LogP contribution in [0.3, 0.4) is 0 Å². The van der Waals surface area contributed by atoms with E-state index in [0.29, 0.717) is 23.5 Å². The Bertz CT molecular complexity index is 1410. The molecule has 0 radical (unpaired) electrons. The summed E-state index contributed by atoms with van der Waals surface area (Å²) >= 11 is 0. The number of nitrogens with zero attached hydrogens (tertiary/aromatic N) is 4. The van der Waals surface area contributed by atoms with E-state index in [1.807, 2.05) is 42.5 Å². The molecular formula is C30H27N5O2. The van der Waals surface area contributed by atoms with Gasteiger partial charge in [0.05, 0.1) is 36.6 Å². The van der Waals surface area contributed by atoms with E-state index in [1.165, 1.54) is 5.69 Å². The lowest BCUT2D eigenvalue weighted by molar-refractivity contribution is -0.115. The normalized spacial score (nSPS) is 13.1. The fourth-order valence-corrected chi connectivity index (χ4v) is 4.35. The van der Waals surface area contributed by atoms with Crippen LogP contribution in [0.1, 0.15) is 22.5 Å². The average molecular weight is 490 g/mol. The summed E-state index contributed by atoms with van der Waals surface area (Å²) in [4.78, 5) is 24.0. The standard InChI is InChI=1S/C30H27N5O2/c31-21-25-20-24(8-11-27(25)34-30(36)19-22-4-2-1-3-5-22)28-12-13-32-29(33-28)18-23-6-9-26(10-7-23)35-14-16-37-17-15-35/h1-13,20H,14-19H2,(H,34,36). The lowest BCUT2D eigenvalue weighted by atomic mass is 10.1. The van der Waals surface area contributed by atoms with Crippen molar-refractivity contribution in [2.24, 2.45) is 0 Å². The van der Waals surface area contributed by atoms with Crippen molar-refractivity contribution < 1.29 is 9.53 Å². The summed E-state index contributed by atoms with van der Waals surface area (Å²) in [5.74, 6) is 0.537. The molecule has 1 amide bonds. The van der Waals surface area contributed by atoms with Crippen molar-refractivity contribution >= 4 is 17.3 Å². The minimum Gasteiger partial charge on any atom is -0.378 e. The quantitative estimate of drug-likeness (QED) is 0.407. The van der Waals surface area contributed by atoms with Crippen molar-refractivity contribution in [3.05, 3.63) is 108 Å². The third kappa shape index (κ3) is 6.18. The Kier molecular flexibility index (Phi) is 7.49. The van der Waals surface area contributed by atoms with E-state index >= 15 is 0 Å². The highest BCUT2D eigenvalue weighted by Gasteiger charge is 2.13. The van der Waals surface area contributed by atoms with Gasteiger partial charge in [-0.15, -0.1) is 0 Å². The molecule has 3 aromatic carbocycles. The number of aromatic nitrogens is 2. The molecule has 2 heterocycles. The number of benzene rings is 3. The van der Waals surface area contributed by atoms with Crippen LogP contribution in [0.25, 0.3) is 11.3 Å². The van der Waals surface area contributed by atoms with Gasteiger partial charge in [0.2, 0.25) is 5.91 Å². The van der Waals surface area contributed by atoms with E-state index in [9.17, 15) is 10.1 Å². The Labute approximate surface area is 216 Å². The number of rotatable bonds is 7. The first kappa shape index (κ1) is 24.2. The zero-order chi connectivity index (χ0) is 25.5. The molecule has 37 heavy (non-hydrogen) atoms. The molecule has 1 saturated heterocycles. The molecular weight excluding hydrogens is 462 g/mol. The molecule has 184 valence electrons. The molecule has 0 saturated carbocycles. The lowest BCUT2D eigenvalue weighted by Crippen LogP contribution is -2.36. The van der Waals surface area contributed by atoms with E-state index in [1.54, 1.807) is 18.3 Å². The minimum atomic E-state index is -0.167. The van der Waals surface area contributed by atoms with Crippen molar-refractivity contribution in [2.45, 2.75) is 12.8 Å². The van der Waals surface area contributed by atoms with Gasteiger partial charge in [0.15, 0.2) is 0 Å². The van der Waals surface area contributed by atoms with Gasteiger partial charge in [0, 0.05) is 37.0 Å². The SMILES string of the molecule is N#Cc1cc(-c2ccnc(Cc3ccc(N4CCOCC4)cc3)n2)ccc1NC(=O)Cc1ccccc1. The maximum absolute atomic E-state index is 12.5. The topological polar surface area (TPSA) is 91.1 Å². The molecule has 1 aliphatic rings. The Morgan fingerprint density at radius 1 is 0.973 bits per heavy atom. The van der Waals surface area contributed by atoms with Crippen LogP contribution < -0.4 is 10.2 Å². The van der Waals surface area contributed by atoms with Crippen molar-refractivity contribution in [2.75, 3.05) is 36.5 Å². The lowest BCUT2D eigenvalue weighted by Gasteiger charge is -2.28. The van der Waals surface area contributed by atoms with E-state index in [2.05, 4.69) is 45.5 Å². The van der Waals surface area contributed by atoms with Gasteiger partial charge in [0.1, 0.15) is 11.9 Å². The number of nitriles is 1. The van der Waals surface area contributed by atoms with Gasteiger partial charge >= 0.3 is 0 Å². The smallest absolute Gasteiger partial charge is 0.228 e. The third-order valence-electron chi connectivity index (χ3n) is 6.30. The second kappa shape index (κ2) is 11.5. The van der Waals surface area contributed by atoms with E-state index in [4.69, 9.17) is 9.72 Å². The van der Waals surface area contributed by atoms with Crippen LogP contribution in [0.5, 0.6) is 0 Å². The zero-order valence-corrected chi connectivity index (χ0v) is 20.4. The van der Waals surface area contributed by atoms with Crippen LogP contribution in [-0.4, -0.2) is 42.2 Å². The van der Waals surface area contributed by atoms with Crippen molar-refractivity contribution in [3.63, 3.8) is 0 Å². The second-order valence-corrected chi connectivity index (χ2v) is 8.88. The number of hydrogen-bond donors (Lipinski definition) is 1. The number of nitrogens with one attached hydrogen (secondary N) is 1. The number of carbonyl (C=O) groups is 1. The predicted molar refractivity (Wildman–Crippen MR) is 143 cm³/mol. The molecule has 1 N–H and O–H groups in total. The van der Waals surface area contributed by atoms with Crippen LogP contribution >= 0.6 is 0 Å². The summed E-state index contributed by atoms with van der Waals surface area (Å²) in [6.45, 7) is 3.34. The van der Waals surface area contributed by atoms with Gasteiger partial charge in [-0.1, -0.05) is 48.5 Å². The van der Waals surface area contributed by atoms with E-state index in [0.717, 1.165) is 48.7 Å². The minimum absolute atomic E-state index is 0.167. The molecule has 0 unspecified atom stereocenters. The van der Waals surface area contributed by atoms with Gasteiger partial charge in [-0.05, 0) is 41.5 Å². The van der Waals surface area contributed by atoms with Crippen molar-refractivity contribution in [1.82, 2.24) is 9.97 Å². The third-order valence-corrected chi connectivity index (χ3v) is 6.30. The summed E-state index contributed by atoms with van der Waals surface area (Å²) in [6.07, 6.45) is 2.59. The summed E-state index contributed by atoms with van der Waals surface area (Å²) in [5.41, 5.74) is 5.64. The van der Waals surface area contributed by atoms with Crippen LogP contribution in [0.2, 0.25) is 0 Å². The van der Waals surface area contributed by atoms with Crippen molar-refractivity contribution in [1.29, 1.82) is 5.26 Å². The summed E-state index contributed by atoms with van der Waals surface area (Å²) < 4.78 is 5.44. The average Bonchev–Trinajstić information content (AvgIpc) is 2.95. The van der Waals surface area contributed by atoms with Gasteiger partial charge in [-0.2, -0.15) is 5.26 Å². The molecule has 1 fully saturated rings. The fourth-order valence-electron chi connectivity index (χ4n) is 4.35. The molecule has 1 aliphatic heterocycles. The first-order valence-electron chi connectivity index (χ1n) is 12.3. The maximum atomic E-state index is 12.5. The summed E-state index contributed by atoms with van der Waals surface area (Å²) in [5, 5.41) is 12.6. The summed E-state index contributed by atoms with van der Waals surface area (Å²) in [7, 11) is 0. The van der Waals surface area contributed by atoms with Gasteiger partial charge in [-0.25, -0.2) is 9.97 Å². The molecule has 0 atom stereocenters. The second-order valence-electron chi connectivity index (χ2n) is 8.88. The zero-order valence-electron chi connectivity index (χ0n) is 20.4. The number of ether oxygens (including phenoxy) is 1. The van der Waals surface area contributed by atoms with Crippen LogP contribution in [-0.2, 0) is 22.4 Å². The molecule has 0 spiro atoms. The van der Waals surface area contributed by atoms with E-state index in [-0.39, 0.29) is 12.3 Å². The Morgan fingerprint density at radius 2 is 1.76 bits per heavy atom. The highest BCUT2D eigenvalue weighted by molar-refractivity contribution is 5.94. The highest BCUT2D eigenvalue weighted by Crippen LogP contribution is 2.25. The Balaban J connectivity index is 1.27. The first-order chi connectivity index (χ1) is 18.2. The molecule has 0 aliphatic carbocycles.